The number of benzene rings is 2. The van der Waals surface area contributed by atoms with E-state index in [2.05, 4.69) is 5.32 Å². The van der Waals surface area contributed by atoms with Crippen LogP contribution in [0.5, 0.6) is 0 Å². The maximum absolute atomic E-state index is 12.5. The van der Waals surface area contributed by atoms with Crippen molar-refractivity contribution in [2.75, 3.05) is 11.9 Å². The first-order valence-corrected chi connectivity index (χ1v) is 9.84. The Labute approximate surface area is 174 Å². The molecule has 0 saturated carbocycles. The number of amides is 2. The molecule has 152 valence electrons. The summed E-state index contributed by atoms with van der Waals surface area (Å²) in [4.78, 5) is 38.9. The van der Waals surface area contributed by atoms with E-state index in [9.17, 15) is 14.4 Å². The van der Waals surface area contributed by atoms with Crippen molar-refractivity contribution in [2.45, 2.75) is 32.4 Å². The highest BCUT2D eigenvalue weighted by Crippen LogP contribution is 2.29. The maximum atomic E-state index is 12.5. The van der Waals surface area contributed by atoms with Gasteiger partial charge in [-0.3, -0.25) is 14.4 Å². The molecular formula is C22H23ClN2O4. The molecule has 0 aliphatic carbocycles. The van der Waals surface area contributed by atoms with Crippen LogP contribution in [0.2, 0.25) is 5.02 Å². The first kappa shape index (κ1) is 20.9. The van der Waals surface area contributed by atoms with Gasteiger partial charge in [-0.2, -0.15) is 0 Å². The van der Waals surface area contributed by atoms with E-state index < -0.39 is 23.9 Å². The van der Waals surface area contributed by atoms with Crippen LogP contribution in [0.25, 0.3) is 0 Å². The van der Waals surface area contributed by atoms with Crippen LogP contribution in [0.1, 0.15) is 31.9 Å². The molecule has 0 radical (unpaired) electrons. The summed E-state index contributed by atoms with van der Waals surface area (Å²) >= 11 is 5.82. The van der Waals surface area contributed by atoms with Crippen molar-refractivity contribution in [1.82, 2.24) is 4.90 Å². The highest BCUT2D eigenvalue weighted by atomic mass is 35.5. The second-order valence-electron chi connectivity index (χ2n) is 7.11. The number of rotatable bonds is 6. The van der Waals surface area contributed by atoms with Gasteiger partial charge in [0, 0.05) is 23.7 Å². The van der Waals surface area contributed by atoms with E-state index in [1.807, 2.05) is 37.3 Å². The van der Waals surface area contributed by atoms with E-state index in [-0.39, 0.29) is 24.9 Å². The highest BCUT2D eigenvalue weighted by molar-refractivity contribution is 6.30. The minimum atomic E-state index is -0.978. The fourth-order valence-electron chi connectivity index (χ4n) is 3.28. The standard InChI is InChI=1S/C22H23ClN2O4/c1-14(16-6-4-3-5-7-16)25-13-17(12-20(25)26)22(28)29-15(2)21(27)24-19-10-8-18(23)9-11-19/h3-11,14-15,17H,12-13H2,1-2H3,(H,24,27)/t14-,15-,17-/m0/s1. The first-order chi connectivity index (χ1) is 13.8. The third-order valence-electron chi connectivity index (χ3n) is 5.02. The lowest BCUT2D eigenvalue weighted by Crippen LogP contribution is -2.33. The molecule has 29 heavy (non-hydrogen) atoms. The summed E-state index contributed by atoms with van der Waals surface area (Å²) in [6.07, 6.45) is -0.893. The molecule has 1 fully saturated rings. The van der Waals surface area contributed by atoms with Gasteiger partial charge in [-0.1, -0.05) is 41.9 Å². The van der Waals surface area contributed by atoms with Crippen molar-refractivity contribution < 1.29 is 19.1 Å². The summed E-state index contributed by atoms with van der Waals surface area (Å²) < 4.78 is 5.32. The Balaban J connectivity index is 1.55. The van der Waals surface area contributed by atoms with Gasteiger partial charge in [-0.15, -0.1) is 0 Å². The molecule has 3 atom stereocenters. The highest BCUT2D eigenvalue weighted by Gasteiger charge is 2.38. The van der Waals surface area contributed by atoms with Crippen LogP contribution in [-0.2, 0) is 19.1 Å². The molecule has 0 spiro atoms. The molecule has 1 aliphatic heterocycles. The first-order valence-electron chi connectivity index (χ1n) is 9.46. The van der Waals surface area contributed by atoms with Crippen molar-refractivity contribution in [3.05, 3.63) is 65.2 Å². The Morgan fingerprint density at radius 2 is 1.76 bits per heavy atom. The SMILES string of the molecule is C[C@H](OC(=O)[C@H]1CC(=O)N([C@@H](C)c2ccccc2)C1)C(=O)Nc1ccc(Cl)cc1. The summed E-state index contributed by atoms with van der Waals surface area (Å²) in [6.45, 7) is 3.71. The fourth-order valence-corrected chi connectivity index (χ4v) is 3.40. The number of ether oxygens (including phenoxy) is 1. The van der Waals surface area contributed by atoms with Crippen molar-refractivity contribution in [3.63, 3.8) is 0 Å². The van der Waals surface area contributed by atoms with Gasteiger partial charge in [0.05, 0.1) is 12.0 Å². The lowest BCUT2D eigenvalue weighted by atomic mass is 10.1. The number of nitrogens with one attached hydrogen (secondary N) is 1. The van der Waals surface area contributed by atoms with E-state index in [4.69, 9.17) is 16.3 Å². The number of carbonyl (C=O) groups excluding carboxylic acids is 3. The average molecular weight is 415 g/mol. The van der Waals surface area contributed by atoms with E-state index in [1.165, 1.54) is 6.92 Å². The van der Waals surface area contributed by atoms with Crippen LogP contribution in [0, 0.1) is 5.92 Å². The summed E-state index contributed by atoms with van der Waals surface area (Å²) in [5, 5.41) is 3.23. The molecule has 2 aromatic carbocycles. The third-order valence-corrected chi connectivity index (χ3v) is 5.27. The molecule has 7 heteroatoms. The molecule has 1 aliphatic rings. The predicted molar refractivity (Wildman–Crippen MR) is 110 cm³/mol. The zero-order chi connectivity index (χ0) is 21.0. The summed E-state index contributed by atoms with van der Waals surface area (Å²) in [7, 11) is 0. The van der Waals surface area contributed by atoms with Crippen LogP contribution in [0.4, 0.5) is 5.69 Å². The normalized spacial score (nSPS) is 18.2. The van der Waals surface area contributed by atoms with Gasteiger partial charge in [-0.25, -0.2) is 0 Å². The largest absolute Gasteiger partial charge is 0.452 e. The van der Waals surface area contributed by atoms with Crippen LogP contribution in [-0.4, -0.2) is 35.3 Å². The van der Waals surface area contributed by atoms with Gasteiger partial charge in [0.2, 0.25) is 5.91 Å². The van der Waals surface area contributed by atoms with Crippen LogP contribution >= 0.6 is 11.6 Å². The zero-order valence-corrected chi connectivity index (χ0v) is 17.1. The topological polar surface area (TPSA) is 75.7 Å². The number of esters is 1. The zero-order valence-electron chi connectivity index (χ0n) is 16.3. The smallest absolute Gasteiger partial charge is 0.312 e. The Morgan fingerprint density at radius 1 is 1.10 bits per heavy atom. The molecule has 1 saturated heterocycles. The second-order valence-corrected chi connectivity index (χ2v) is 7.55. The van der Waals surface area contributed by atoms with Crippen LogP contribution < -0.4 is 5.32 Å². The molecule has 3 rings (SSSR count). The van der Waals surface area contributed by atoms with Crippen LogP contribution in [0.15, 0.2) is 54.6 Å². The molecule has 0 unspecified atom stereocenters. The molecule has 0 bridgehead atoms. The molecular weight excluding hydrogens is 392 g/mol. The number of hydrogen-bond donors (Lipinski definition) is 1. The Kier molecular flexibility index (Phi) is 6.54. The van der Waals surface area contributed by atoms with E-state index >= 15 is 0 Å². The Bertz CT molecular complexity index is 885. The third kappa shape index (κ3) is 5.15. The summed E-state index contributed by atoms with van der Waals surface area (Å²) in [5.41, 5.74) is 1.56. The van der Waals surface area contributed by atoms with Gasteiger partial charge in [-0.05, 0) is 43.7 Å². The van der Waals surface area contributed by atoms with Crippen molar-refractivity contribution in [1.29, 1.82) is 0 Å². The Morgan fingerprint density at radius 3 is 2.41 bits per heavy atom. The van der Waals surface area contributed by atoms with Gasteiger partial charge >= 0.3 is 5.97 Å². The predicted octanol–water partition coefficient (Wildman–Crippen LogP) is 3.82. The molecule has 1 N–H and O–H groups in total. The average Bonchev–Trinajstić information content (AvgIpc) is 3.11. The number of hydrogen-bond acceptors (Lipinski definition) is 4. The van der Waals surface area contributed by atoms with E-state index in [0.29, 0.717) is 10.7 Å². The molecule has 1 heterocycles. The number of carbonyl (C=O) groups is 3. The minimum absolute atomic E-state index is 0.0849. The fraction of sp³-hybridized carbons (Fsp3) is 0.318. The van der Waals surface area contributed by atoms with E-state index in [1.54, 1.807) is 29.2 Å². The van der Waals surface area contributed by atoms with Crippen molar-refractivity contribution >= 4 is 35.1 Å². The van der Waals surface area contributed by atoms with Gasteiger partial charge in [0.1, 0.15) is 0 Å². The number of likely N-dealkylation sites (tertiary alicyclic amines) is 1. The monoisotopic (exact) mass is 414 g/mol. The quantitative estimate of drug-likeness (QED) is 0.729. The van der Waals surface area contributed by atoms with Crippen LogP contribution in [0.3, 0.4) is 0 Å². The van der Waals surface area contributed by atoms with Crippen molar-refractivity contribution in [3.8, 4) is 0 Å². The van der Waals surface area contributed by atoms with Gasteiger partial charge in [0.15, 0.2) is 6.10 Å². The number of nitrogens with zero attached hydrogens (tertiary/aromatic N) is 1. The molecule has 2 aromatic rings. The number of anilines is 1. The maximum Gasteiger partial charge on any atom is 0.312 e. The lowest BCUT2D eigenvalue weighted by molar-refractivity contribution is -0.157. The summed E-state index contributed by atoms with van der Waals surface area (Å²) in [5.74, 6) is -1.67. The minimum Gasteiger partial charge on any atom is -0.452 e. The van der Waals surface area contributed by atoms with Gasteiger partial charge < -0.3 is 15.0 Å². The Hall–Kier alpha value is -2.86. The van der Waals surface area contributed by atoms with E-state index in [0.717, 1.165) is 5.56 Å². The second kappa shape index (κ2) is 9.09. The molecule has 6 nitrogen and oxygen atoms in total. The molecule has 2 amide bonds. The lowest BCUT2D eigenvalue weighted by Gasteiger charge is -2.25. The number of halogens is 1. The summed E-state index contributed by atoms with van der Waals surface area (Å²) in [6, 6.07) is 16.1. The van der Waals surface area contributed by atoms with Gasteiger partial charge in [0.25, 0.3) is 5.91 Å². The van der Waals surface area contributed by atoms with Crippen molar-refractivity contribution in [2.24, 2.45) is 5.92 Å². The molecule has 0 aromatic heterocycles.